The highest BCUT2D eigenvalue weighted by Crippen LogP contribution is 2.34. The Morgan fingerprint density at radius 2 is 1.79 bits per heavy atom. The molecule has 0 saturated heterocycles. The first kappa shape index (κ1) is 17.0. The van der Waals surface area contributed by atoms with E-state index in [0.29, 0.717) is 12.6 Å². The Labute approximate surface area is 133 Å². The third kappa shape index (κ3) is 5.44. The zero-order chi connectivity index (χ0) is 14.3. The summed E-state index contributed by atoms with van der Waals surface area (Å²) in [6.45, 7) is 8.02. The van der Waals surface area contributed by atoms with E-state index in [0.717, 1.165) is 21.2 Å². The molecule has 0 spiro atoms. The Kier molecular flexibility index (Phi) is 8.03. The highest BCUT2D eigenvalue weighted by Gasteiger charge is 2.10. The molecule has 4 heteroatoms. The van der Waals surface area contributed by atoms with Gasteiger partial charge >= 0.3 is 0 Å². The molecular formula is C15H23Br2NO. The van der Waals surface area contributed by atoms with E-state index in [1.165, 1.54) is 24.8 Å². The molecule has 0 aliphatic heterocycles. The minimum Gasteiger partial charge on any atom is -0.492 e. The lowest BCUT2D eigenvalue weighted by atomic mass is 10.1. The average Bonchev–Trinajstić information content (AvgIpc) is 2.38. The molecule has 0 bridgehead atoms. The molecule has 19 heavy (non-hydrogen) atoms. The summed E-state index contributed by atoms with van der Waals surface area (Å²) in [4.78, 5) is 0. The van der Waals surface area contributed by atoms with E-state index in [1.54, 1.807) is 0 Å². The van der Waals surface area contributed by atoms with Gasteiger partial charge in [0, 0.05) is 12.6 Å². The molecule has 2 nitrogen and oxygen atoms in total. The van der Waals surface area contributed by atoms with E-state index >= 15 is 0 Å². The van der Waals surface area contributed by atoms with E-state index < -0.39 is 0 Å². The van der Waals surface area contributed by atoms with Crippen LogP contribution in [-0.4, -0.2) is 12.6 Å². The van der Waals surface area contributed by atoms with Gasteiger partial charge in [0.2, 0.25) is 0 Å². The maximum atomic E-state index is 5.59. The highest BCUT2D eigenvalue weighted by molar-refractivity contribution is 9.11. The molecule has 0 aliphatic carbocycles. The van der Waals surface area contributed by atoms with E-state index in [9.17, 15) is 0 Å². The Morgan fingerprint density at radius 3 is 2.26 bits per heavy atom. The summed E-state index contributed by atoms with van der Waals surface area (Å²) in [6, 6.07) is 4.86. The predicted octanol–water partition coefficient (Wildman–Crippen LogP) is 5.28. The third-order valence-electron chi connectivity index (χ3n) is 3.07. The predicted molar refractivity (Wildman–Crippen MR) is 88.8 cm³/mol. The van der Waals surface area contributed by atoms with Gasteiger partial charge in [-0.15, -0.1) is 0 Å². The number of hydrogen-bond acceptors (Lipinski definition) is 2. The summed E-state index contributed by atoms with van der Waals surface area (Å²) >= 11 is 7.14. The molecule has 0 heterocycles. The van der Waals surface area contributed by atoms with E-state index in [1.807, 2.05) is 6.92 Å². The van der Waals surface area contributed by atoms with Gasteiger partial charge in [-0.25, -0.2) is 0 Å². The number of nitrogens with one attached hydrogen (secondary N) is 1. The quantitative estimate of drug-likeness (QED) is 0.649. The number of ether oxygens (including phenoxy) is 1. The van der Waals surface area contributed by atoms with Gasteiger partial charge in [-0.05, 0) is 69.3 Å². The van der Waals surface area contributed by atoms with Gasteiger partial charge in [-0.3, -0.25) is 0 Å². The van der Waals surface area contributed by atoms with Crippen LogP contribution in [0, 0.1) is 0 Å². The zero-order valence-corrected chi connectivity index (χ0v) is 15.1. The van der Waals surface area contributed by atoms with Gasteiger partial charge < -0.3 is 10.1 Å². The Morgan fingerprint density at radius 1 is 1.16 bits per heavy atom. The van der Waals surface area contributed by atoms with Crippen LogP contribution in [0.3, 0.4) is 0 Å². The lowest BCUT2D eigenvalue weighted by molar-refractivity contribution is 0.336. The number of rotatable bonds is 8. The molecule has 1 N–H and O–H groups in total. The SMILES string of the molecule is CCCC(CC)NCc1cc(Br)c(OCC)c(Br)c1. The highest BCUT2D eigenvalue weighted by atomic mass is 79.9. The molecule has 0 saturated carbocycles. The molecule has 1 rings (SSSR count). The number of hydrogen-bond donors (Lipinski definition) is 1. The summed E-state index contributed by atoms with van der Waals surface area (Å²) in [5.41, 5.74) is 1.26. The van der Waals surface area contributed by atoms with Crippen molar-refractivity contribution in [3.8, 4) is 5.75 Å². The lowest BCUT2D eigenvalue weighted by Crippen LogP contribution is -2.27. The van der Waals surface area contributed by atoms with Crippen molar-refractivity contribution >= 4 is 31.9 Å². The van der Waals surface area contributed by atoms with Crippen LogP contribution in [0.2, 0.25) is 0 Å². The van der Waals surface area contributed by atoms with E-state index in [2.05, 4.69) is 63.2 Å². The van der Waals surface area contributed by atoms with Crippen LogP contribution >= 0.6 is 31.9 Å². The van der Waals surface area contributed by atoms with Gasteiger partial charge in [-0.2, -0.15) is 0 Å². The van der Waals surface area contributed by atoms with Gasteiger partial charge in [0.1, 0.15) is 5.75 Å². The van der Waals surface area contributed by atoms with Gasteiger partial charge in [0.15, 0.2) is 0 Å². The molecule has 1 aromatic rings. The van der Waals surface area contributed by atoms with Crippen LogP contribution in [0.1, 0.15) is 45.6 Å². The van der Waals surface area contributed by atoms with Crippen molar-refractivity contribution in [1.29, 1.82) is 0 Å². The number of benzene rings is 1. The summed E-state index contributed by atoms with van der Waals surface area (Å²) in [5.74, 6) is 0.881. The first-order chi connectivity index (χ1) is 9.12. The molecular weight excluding hydrogens is 370 g/mol. The molecule has 0 fully saturated rings. The third-order valence-corrected chi connectivity index (χ3v) is 4.25. The van der Waals surface area contributed by atoms with Crippen molar-refractivity contribution in [3.63, 3.8) is 0 Å². The second kappa shape index (κ2) is 8.98. The number of halogens is 2. The standard InChI is InChI=1S/C15H23Br2NO/c1-4-7-12(5-2)18-10-11-8-13(16)15(19-6-3)14(17)9-11/h8-9,12,18H,4-7,10H2,1-3H3. The summed E-state index contributed by atoms with van der Waals surface area (Å²) < 4.78 is 7.60. The van der Waals surface area contributed by atoms with Crippen LogP contribution in [0.5, 0.6) is 5.75 Å². The molecule has 1 unspecified atom stereocenters. The van der Waals surface area contributed by atoms with Gasteiger partial charge in [0.25, 0.3) is 0 Å². The maximum absolute atomic E-state index is 5.59. The minimum atomic E-state index is 0.606. The Bertz CT molecular complexity index is 373. The van der Waals surface area contributed by atoms with Crippen molar-refractivity contribution < 1.29 is 4.74 Å². The van der Waals surface area contributed by atoms with Crippen LogP contribution in [0.4, 0.5) is 0 Å². The molecule has 0 aromatic heterocycles. The van der Waals surface area contributed by atoms with Gasteiger partial charge in [0.05, 0.1) is 15.6 Å². The minimum absolute atomic E-state index is 0.606. The smallest absolute Gasteiger partial charge is 0.147 e. The fourth-order valence-electron chi connectivity index (χ4n) is 2.06. The van der Waals surface area contributed by atoms with Crippen molar-refractivity contribution in [3.05, 3.63) is 26.6 Å². The monoisotopic (exact) mass is 391 g/mol. The zero-order valence-electron chi connectivity index (χ0n) is 11.9. The fraction of sp³-hybridized carbons (Fsp3) is 0.600. The second-order valence-electron chi connectivity index (χ2n) is 4.60. The fourth-order valence-corrected chi connectivity index (χ4v) is 3.57. The molecule has 0 amide bonds. The van der Waals surface area contributed by atoms with Crippen molar-refractivity contribution in [2.75, 3.05) is 6.61 Å². The normalized spacial score (nSPS) is 12.5. The van der Waals surface area contributed by atoms with Crippen LogP contribution < -0.4 is 10.1 Å². The molecule has 1 atom stereocenters. The summed E-state index contributed by atoms with van der Waals surface area (Å²) in [7, 11) is 0. The molecule has 1 aromatic carbocycles. The van der Waals surface area contributed by atoms with Crippen LogP contribution in [-0.2, 0) is 6.54 Å². The summed E-state index contributed by atoms with van der Waals surface area (Å²) in [6.07, 6.45) is 3.63. The van der Waals surface area contributed by atoms with Crippen LogP contribution in [0.15, 0.2) is 21.1 Å². The topological polar surface area (TPSA) is 21.3 Å². The average molecular weight is 393 g/mol. The van der Waals surface area contributed by atoms with Gasteiger partial charge in [-0.1, -0.05) is 20.3 Å². The van der Waals surface area contributed by atoms with E-state index in [4.69, 9.17) is 4.74 Å². The van der Waals surface area contributed by atoms with Crippen molar-refractivity contribution in [2.45, 2.75) is 52.6 Å². The lowest BCUT2D eigenvalue weighted by Gasteiger charge is -2.17. The molecule has 108 valence electrons. The Balaban J connectivity index is 2.69. The summed E-state index contributed by atoms with van der Waals surface area (Å²) in [5, 5.41) is 3.61. The van der Waals surface area contributed by atoms with E-state index in [-0.39, 0.29) is 0 Å². The first-order valence-electron chi connectivity index (χ1n) is 6.96. The van der Waals surface area contributed by atoms with Crippen LogP contribution in [0.25, 0.3) is 0 Å². The molecule has 0 aliphatic rings. The van der Waals surface area contributed by atoms with Crippen molar-refractivity contribution in [2.24, 2.45) is 0 Å². The maximum Gasteiger partial charge on any atom is 0.147 e. The van der Waals surface area contributed by atoms with Crippen molar-refractivity contribution in [1.82, 2.24) is 5.32 Å². The largest absolute Gasteiger partial charge is 0.492 e. The first-order valence-corrected chi connectivity index (χ1v) is 8.55. The second-order valence-corrected chi connectivity index (χ2v) is 6.31. The molecule has 0 radical (unpaired) electrons. The Hall–Kier alpha value is -0.0600.